The van der Waals surface area contributed by atoms with E-state index in [2.05, 4.69) is 0 Å². The highest BCUT2D eigenvalue weighted by Crippen LogP contribution is 2.27. The summed E-state index contributed by atoms with van der Waals surface area (Å²) >= 11 is 0. The Labute approximate surface area is 124 Å². The number of aromatic carboxylic acids is 1. The highest BCUT2D eigenvalue weighted by atomic mass is 16.7. The second-order valence-electron chi connectivity index (χ2n) is 4.80. The second kappa shape index (κ2) is 6.46. The normalized spacial score (nSPS) is 31.7. The molecule has 1 fully saturated rings. The molecule has 0 aromatic heterocycles. The maximum Gasteiger partial charge on any atom is 0.339 e. The molecule has 122 valence electrons. The highest BCUT2D eigenvalue weighted by Gasteiger charge is 2.44. The molecule has 0 radical (unpaired) electrons. The number of hydrogen-bond acceptors (Lipinski definition) is 8. The lowest BCUT2D eigenvalue weighted by molar-refractivity contribution is -0.277. The van der Waals surface area contributed by atoms with Gasteiger partial charge >= 0.3 is 5.97 Å². The molecule has 6 N–H and O–H groups in total. The number of carboxylic acids is 1. The molecule has 0 saturated carbocycles. The third-order valence-corrected chi connectivity index (χ3v) is 3.30. The van der Waals surface area contributed by atoms with E-state index in [-0.39, 0.29) is 5.75 Å². The van der Waals surface area contributed by atoms with Crippen LogP contribution in [0.25, 0.3) is 0 Å². The minimum Gasteiger partial charge on any atom is -0.507 e. The summed E-state index contributed by atoms with van der Waals surface area (Å²) in [5.41, 5.74) is -0.415. The van der Waals surface area contributed by atoms with Crippen LogP contribution in [0, 0.1) is 0 Å². The summed E-state index contributed by atoms with van der Waals surface area (Å²) in [5, 5.41) is 56.4. The highest BCUT2D eigenvalue weighted by molar-refractivity contribution is 5.91. The van der Waals surface area contributed by atoms with Gasteiger partial charge in [-0.2, -0.15) is 0 Å². The van der Waals surface area contributed by atoms with Crippen LogP contribution in [-0.4, -0.2) is 73.9 Å². The largest absolute Gasteiger partial charge is 0.507 e. The van der Waals surface area contributed by atoms with Crippen LogP contribution in [0.15, 0.2) is 18.2 Å². The predicted molar refractivity (Wildman–Crippen MR) is 69.5 cm³/mol. The van der Waals surface area contributed by atoms with Crippen LogP contribution in [0.1, 0.15) is 10.4 Å². The van der Waals surface area contributed by atoms with E-state index in [0.717, 1.165) is 12.1 Å². The number of aliphatic hydroxyl groups is 4. The summed E-state index contributed by atoms with van der Waals surface area (Å²) in [4.78, 5) is 10.9. The van der Waals surface area contributed by atoms with Crippen molar-refractivity contribution in [3.8, 4) is 11.5 Å². The first-order valence-corrected chi connectivity index (χ1v) is 6.38. The van der Waals surface area contributed by atoms with Gasteiger partial charge in [-0.1, -0.05) is 0 Å². The van der Waals surface area contributed by atoms with E-state index in [9.17, 15) is 25.2 Å². The average Bonchev–Trinajstić information content (AvgIpc) is 2.49. The van der Waals surface area contributed by atoms with Gasteiger partial charge in [0.2, 0.25) is 6.29 Å². The monoisotopic (exact) mass is 316 g/mol. The van der Waals surface area contributed by atoms with Gasteiger partial charge in [0.1, 0.15) is 41.5 Å². The van der Waals surface area contributed by atoms with Gasteiger partial charge in [0.15, 0.2) is 0 Å². The number of carbonyl (C=O) groups is 1. The van der Waals surface area contributed by atoms with E-state index in [4.69, 9.17) is 19.7 Å². The Kier molecular flexibility index (Phi) is 4.84. The van der Waals surface area contributed by atoms with Gasteiger partial charge in [-0.3, -0.25) is 0 Å². The SMILES string of the molecule is O=C(O)c1cc(O[C@H]2O[C@@H](CO)[C@H](O)[C@H](O)[C@@H]2O)ccc1O. The van der Waals surface area contributed by atoms with E-state index in [1.165, 1.54) is 6.07 Å². The fourth-order valence-electron chi connectivity index (χ4n) is 2.06. The topological polar surface area (TPSA) is 157 Å². The second-order valence-corrected chi connectivity index (χ2v) is 4.80. The predicted octanol–water partition coefficient (Wildman–Crippen LogP) is -1.73. The van der Waals surface area contributed by atoms with Crippen LogP contribution >= 0.6 is 0 Å². The van der Waals surface area contributed by atoms with Crippen molar-refractivity contribution < 1.29 is 44.9 Å². The maximum absolute atomic E-state index is 10.9. The van der Waals surface area contributed by atoms with Crippen molar-refractivity contribution in [3.63, 3.8) is 0 Å². The molecule has 1 aliphatic heterocycles. The molecule has 1 heterocycles. The lowest BCUT2D eigenvalue weighted by Crippen LogP contribution is -2.60. The molecule has 0 bridgehead atoms. The van der Waals surface area contributed by atoms with Gasteiger partial charge in [0, 0.05) is 0 Å². The Bertz CT molecular complexity index is 544. The summed E-state index contributed by atoms with van der Waals surface area (Å²) in [5.74, 6) is -1.88. The molecule has 0 spiro atoms. The molecular formula is C13H16O9. The summed E-state index contributed by atoms with van der Waals surface area (Å²) in [6.07, 6.45) is -7.30. The van der Waals surface area contributed by atoms with E-state index < -0.39 is 54.6 Å². The first-order chi connectivity index (χ1) is 10.3. The first kappa shape index (κ1) is 16.5. The number of benzene rings is 1. The quantitative estimate of drug-likeness (QED) is 0.380. The molecule has 1 aromatic rings. The average molecular weight is 316 g/mol. The van der Waals surface area contributed by atoms with Crippen molar-refractivity contribution in [1.82, 2.24) is 0 Å². The van der Waals surface area contributed by atoms with E-state index in [1.807, 2.05) is 0 Å². The van der Waals surface area contributed by atoms with E-state index in [0.29, 0.717) is 0 Å². The lowest BCUT2D eigenvalue weighted by Gasteiger charge is -2.39. The van der Waals surface area contributed by atoms with Gasteiger partial charge in [-0.15, -0.1) is 0 Å². The summed E-state index contributed by atoms with van der Waals surface area (Å²) < 4.78 is 10.4. The summed E-state index contributed by atoms with van der Waals surface area (Å²) in [7, 11) is 0. The Balaban J connectivity index is 2.19. The zero-order chi connectivity index (χ0) is 16.4. The molecule has 1 aromatic carbocycles. The van der Waals surface area contributed by atoms with Crippen molar-refractivity contribution in [2.45, 2.75) is 30.7 Å². The molecule has 5 atom stereocenters. The maximum atomic E-state index is 10.9. The number of phenols is 1. The smallest absolute Gasteiger partial charge is 0.339 e. The van der Waals surface area contributed by atoms with Crippen LogP contribution < -0.4 is 4.74 Å². The fourth-order valence-corrected chi connectivity index (χ4v) is 2.06. The van der Waals surface area contributed by atoms with Crippen LogP contribution in [0.4, 0.5) is 0 Å². The Morgan fingerprint density at radius 1 is 1.18 bits per heavy atom. The van der Waals surface area contributed by atoms with Gasteiger partial charge < -0.3 is 40.1 Å². The van der Waals surface area contributed by atoms with Gasteiger partial charge in [0.25, 0.3) is 0 Å². The fraction of sp³-hybridized carbons (Fsp3) is 0.462. The standard InChI is InChI=1S/C13H16O9/c14-4-8-9(16)10(17)11(18)13(22-8)21-5-1-2-7(15)6(3-5)12(19)20/h1-3,8-11,13-18H,4H2,(H,19,20)/t8-,9-,10-,11-,13-/m0/s1. The zero-order valence-corrected chi connectivity index (χ0v) is 11.2. The minimum atomic E-state index is -1.61. The third kappa shape index (κ3) is 3.13. The molecule has 1 saturated heterocycles. The van der Waals surface area contributed by atoms with Gasteiger partial charge in [0.05, 0.1) is 6.61 Å². The Morgan fingerprint density at radius 3 is 2.45 bits per heavy atom. The van der Waals surface area contributed by atoms with Crippen LogP contribution in [0.2, 0.25) is 0 Å². The van der Waals surface area contributed by atoms with Crippen molar-refractivity contribution >= 4 is 5.97 Å². The number of aromatic hydroxyl groups is 1. The Morgan fingerprint density at radius 2 is 1.86 bits per heavy atom. The molecule has 22 heavy (non-hydrogen) atoms. The zero-order valence-electron chi connectivity index (χ0n) is 11.2. The molecule has 1 aliphatic rings. The van der Waals surface area contributed by atoms with Crippen LogP contribution in [0.5, 0.6) is 11.5 Å². The first-order valence-electron chi connectivity index (χ1n) is 6.38. The molecule has 0 aliphatic carbocycles. The number of aliphatic hydroxyl groups excluding tert-OH is 4. The number of ether oxygens (including phenoxy) is 2. The van der Waals surface area contributed by atoms with Crippen molar-refractivity contribution in [2.24, 2.45) is 0 Å². The number of hydrogen-bond donors (Lipinski definition) is 6. The molecule has 0 amide bonds. The number of rotatable bonds is 4. The van der Waals surface area contributed by atoms with Gasteiger partial charge in [-0.05, 0) is 18.2 Å². The van der Waals surface area contributed by atoms with Crippen molar-refractivity contribution in [1.29, 1.82) is 0 Å². The molecule has 0 unspecified atom stereocenters. The summed E-state index contributed by atoms with van der Waals surface area (Å²) in [6.45, 7) is -0.610. The molecule has 9 heteroatoms. The van der Waals surface area contributed by atoms with Crippen LogP contribution in [-0.2, 0) is 4.74 Å². The van der Waals surface area contributed by atoms with E-state index in [1.54, 1.807) is 0 Å². The summed E-state index contributed by atoms with van der Waals surface area (Å²) in [6, 6.07) is 3.34. The molecular weight excluding hydrogens is 300 g/mol. The van der Waals surface area contributed by atoms with Crippen LogP contribution in [0.3, 0.4) is 0 Å². The van der Waals surface area contributed by atoms with E-state index >= 15 is 0 Å². The molecule has 9 nitrogen and oxygen atoms in total. The van der Waals surface area contributed by atoms with Crippen molar-refractivity contribution in [3.05, 3.63) is 23.8 Å². The minimum absolute atomic E-state index is 0.0421. The Hall–Kier alpha value is -1.91. The third-order valence-electron chi connectivity index (χ3n) is 3.30. The molecule has 2 rings (SSSR count). The lowest BCUT2D eigenvalue weighted by atomic mass is 9.99. The van der Waals surface area contributed by atoms with Crippen molar-refractivity contribution in [2.75, 3.05) is 6.61 Å². The number of carboxylic acid groups (broad SMARTS) is 1. The van der Waals surface area contributed by atoms with Gasteiger partial charge in [-0.25, -0.2) is 4.79 Å².